The molecule has 0 amide bonds. The molecule has 2 unspecified atom stereocenters. The molecule has 0 aromatic carbocycles. The number of thioether (sulfide) groups is 1. The van der Waals surface area contributed by atoms with Gasteiger partial charge in [-0.3, -0.25) is 10.3 Å². The van der Waals surface area contributed by atoms with Crippen molar-refractivity contribution in [3.05, 3.63) is 18.6 Å². The standard InChI is InChI=1S/C13H18N4S/c1-2-5-17-13(10-14)4-3-11(8-13)18-12-9-15-6-7-16-12/h6-7,9,11,17H,2-5,8H2,1H3. The SMILES string of the molecule is CCCNC1(C#N)CCC(Sc2cnccn2)C1. The maximum absolute atomic E-state index is 9.38. The van der Waals surface area contributed by atoms with E-state index in [9.17, 15) is 5.26 Å². The van der Waals surface area contributed by atoms with Crippen molar-refractivity contribution in [3.8, 4) is 6.07 Å². The van der Waals surface area contributed by atoms with Crippen LogP contribution in [-0.2, 0) is 0 Å². The fourth-order valence-electron chi connectivity index (χ4n) is 2.28. The lowest BCUT2D eigenvalue weighted by Crippen LogP contribution is -2.42. The van der Waals surface area contributed by atoms with E-state index in [0.717, 1.165) is 37.3 Å². The van der Waals surface area contributed by atoms with Crippen molar-refractivity contribution in [2.75, 3.05) is 6.54 Å². The molecule has 4 nitrogen and oxygen atoms in total. The van der Waals surface area contributed by atoms with Crippen LogP contribution in [0.15, 0.2) is 23.6 Å². The Morgan fingerprint density at radius 2 is 2.50 bits per heavy atom. The van der Waals surface area contributed by atoms with E-state index in [2.05, 4.69) is 28.3 Å². The quantitative estimate of drug-likeness (QED) is 0.882. The fourth-order valence-corrected chi connectivity index (χ4v) is 3.47. The summed E-state index contributed by atoms with van der Waals surface area (Å²) in [5, 5.41) is 14.2. The van der Waals surface area contributed by atoms with E-state index >= 15 is 0 Å². The monoisotopic (exact) mass is 262 g/mol. The number of nitriles is 1. The number of nitrogens with zero attached hydrogens (tertiary/aromatic N) is 3. The molecule has 0 bridgehead atoms. The lowest BCUT2D eigenvalue weighted by atomic mass is 10.00. The van der Waals surface area contributed by atoms with Crippen LogP contribution in [0.3, 0.4) is 0 Å². The van der Waals surface area contributed by atoms with Crippen molar-refractivity contribution < 1.29 is 0 Å². The van der Waals surface area contributed by atoms with Gasteiger partial charge in [0.05, 0.1) is 12.3 Å². The van der Waals surface area contributed by atoms with Crippen LogP contribution >= 0.6 is 11.8 Å². The van der Waals surface area contributed by atoms with Crippen LogP contribution in [0.5, 0.6) is 0 Å². The van der Waals surface area contributed by atoms with Crippen LogP contribution in [0.25, 0.3) is 0 Å². The van der Waals surface area contributed by atoms with Gasteiger partial charge in [-0.25, -0.2) is 4.98 Å². The van der Waals surface area contributed by atoms with Crippen LogP contribution in [0.4, 0.5) is 0 Å². The minimum Gasteiger partial charge on any atom is -0.299 e. The molecule has 2 atom stereocenters. The zero-order chi connectivity index (χ0) is 12.8. The minimum atomic E-state index is -0.324. The molecule has 18 heavy (non-hydrogen) atoms. The molecule has 0 saturated heterocycles. The highest BCUT2D eigenvalue weighted by atomic mass is 32.2. The number of rotatable bonds is 5. The molecule has 1 aromatic rings. The zero-order valence-electron chi connectivity index (χ0n) is 10.6. The molecule has 1 aliphatic carbocycles. The highest BCUT2D eigenvalue weighted by molar-refractivity contribution is 7.99. The van der Waals surface area contributed by atoms with E-state index in [1.807, 2.05) is 0 Å². The highest BCUT2D eigenvalue weighted by Crippen LogP contribution is 2.39. The average Bonchev–Trinajstić information content (AvgIpc) is 2.82. The Bertz CT molecular complexity index is 417. The molecule has 5 heteroatoms. The van der Waals surface area contributed by atoms with Crippen LogP contribution in [-0.4, -0.2) is 27.3 Å². The third-order valence-corrected chi connectivity index (χ3v) is 4.41. The first kappa shape index (κ1) is 13.3. The van der Waals surface area contributed by atoms with Crippen LogP contribution in [0, 0.1) is 11.3 Å². The fraction of sp³-hybridized carbons (Fsp3) is 0.615. The first-order valence-corrected chi connectivity index (χ1v) is 7.25. The smallest absolute Gasteiger partial charge is 0.115 e. The number of nitrogens with one attached hydrogen (secondary N) is 1. The molecule has 96 valence electrons. The van der Waals surface area contributed by atoms with Crippen LogP contribution in [0.1, 0.15) is 32.6 Å². The van der Waals surface area contributed by atoms with E-state index in [1.165, 1.54) is 0 Å². The Morgan fingerprint density at radius 1 is 1.61 bits per heavy atom. The molecular formula is C13H18N4S. The predicted molar refractivity (Wildman–Crippen MR) is 72.2 cm³/mol. The lowest BCUT2D eigenvalue weighted by Gasteiger charge is -2.22. The average molecular weight is 262 g/mol. The molecule has 1 aromatic heterocycles. The minimum absolute atomic E-state index is 0.324. The van der Waals surface area contributed by atoms with Crippen molar-refractivity contribution in [2.45, 2.75) is 48.4 Å². The van der Waals surface area contributed by atoms with Gasteiger partial charge < -0.3 is 0 Å². The van der Waals surface area contributed by atoms with E-state index in [1.54, 1.807) is 30.4 Å². The van der Waals surface area contributed by atoms with Crippen molar-refractivity contribution in [2.24, 2.45) is 0 Å². The van der Waals surface area contributed by atoms with Gasteiger partial charge >= 0.3 is 0 Å². The maximum atomic E-state index is 9.38. The van der Waals surface area contributed by atoms with Gasteiger partial charge in [-0.2, -0.15) is 5.26 Å². The molecule has 1 heterocycles. The predicted octanol–water partition coefficient (Wildman–Crippen LogP) is 2.38. The Kier molecular flexibility index (Phi) is 4.56. The summed E-state index contributed by atoms with van der Waals surface area (Å²) >= 11 is 1.74. The number of aromatic nitrogens is 2. The first-order valence-electron chi connectivity index (χ1n) is 6.37. The summed E-state index contributed by atoms with van der Waals surface area (Å²) in [7, 11) is 0. The number of hydrogen-bond donors (Lipinski definition) is 1. The molecule has 1 aliphatic rings. The molecule has 0 spiro atoms. The van der Waals surface area contributed by atoms with E-state index in [4.69, 9.17) is 0 Å². The summed E-state index contributed by atoms with van der Waals surface area (Å²) in [5.41, 5.74) is -0.324. The maximum Gasteiger partial charge on any atom is 0.115 e. The third kappa shape index (κ3) is 3.21. The van der Waals surface area contributed by atoms with Crippen molar-refractivity contribution in [3.63, 3.8) is 0 Å². The van der Waals surface area contributed by atoms with Gasteiger partial charge in [0.25, 0.3) is 0 Å². The van der Waals surface area contributed by atoms with E-state index < -0.39 is 0 Å². The summed E-state index contributed by atoms with van der Waals surface area (Å²) in [4.78, 5) is 8.34. The first-order chi connectivity index (χ1) is 8.78. The van der Waals surface area contributed by atoms with Gasteiger partial charge in [0, 0.05) is 17.6 Å². The molecule has 1 N–H and O–H groups in total. The Morgan fingerprint density at radius 3 is 3.17 bits per heavy atom. The summed E-state index contributed by atoms with van der Waals surface area (Å²) in [6.45, 7) is 3.04. The van der Waals surface area contributed by atoms with Gasteiger partial charge in [-0.1, -0.05) is 6.92 Å². The summed E-state index contributed by atoms with van der Waals surface area (Å²) in [6.07, 6.45) is 9.13. The second-order valence-corrected chi connectivity index (χ2v) is 5.97. The van der Waals surface area contributed by atoms with E-state index in [-0.39, 0.29) is 5.54 Å². The highest BCUT2D eigenvalue weighted by Gasteiger charge is 2.39. The normalized spacial score (nSPS) is 27.0. The Labute approximate surface area is 112 Å². The second-order valence-electron chi connectivity index (χ2n) is 4.65. The molecule has 0 radical (unpaired) electrons. The van der Waals surface area contributed by atoms with Crippen molar-refractivity contribution in [1.82, 2.24) is 15.3 Å². The molecule has 1 saturated carbocycles. The van der Waals surface area contributed by atoms with Crippen LogP contribution < -0.4 is 5.32 Å². The Hall–Kier alpha value is -1.12. The van der Waals surface area contributed by atoms with Gasteiger partial charge in [-0.05, 0) is 32.2 Å². The zero-order valence-corrected chi connectivity index (χ0v) is 11.4. The third-order valence-electron chi connectivity index (χ3n) is 3.22. The largest absolute Gasteiger partial charge is 0.299 e. The van der Waals surface area contributed by atoms with Gasteiger partial charge in [0.1, 0.15) is 10.6 Å². The molecule has 1 fully saturated rings. The summed E-state index contributed by atoms with van der Waals surface area (Å²) in [6, 6.07) is 2.47. The van der Waals surface area contributed by atoms with Gasteiger partial charge in [-0.15, -0.1) is 11.8 Å². The molecular weight excluding hydrogens is 244 g/mol. The van der Waals surface area contributed by atoms with Gasteiger partial charge in [0.2, 0.25) is 0 Å². The summed E-state index contributed by atoms with van der Waals surface area (Å²) < 4.78 is 0. The van der Waals surface area contributed by atoms with Crippen molar-refractivity contribution in [1.29, 1.82) is 5.26 Å². The summed E-state index contributed by atoms with van der Waals surface area (Å²) in [5.74, 6) is 0. The van der Waals surface area contributed by atoms with E-state index in [0.29, 0.717) is 5.25 Å². The lowest BCUT2D eigenvalue weighted by molar-refractivity contribution is 0.424. The van der Waals surface area contributed by atoms with Crippen LogP contribution in [0.2, 0.25) is 0 Å². The second kappa shape index (κ2) is 6.17. The topological polar surface area (TPSA) is 61.6 Å². The van der Waals surface area contributed by atoms with Gasteiger partial charge in [0.15, 0.2) is 0 Å². The molecule has 0 aliphatic heterocycles. The van der Waals surface area contributed by atoms with Crippen molar-refractivity contribution >= 4 is 11.8 Å². The number of hydrogen-bond acceptors (Lipinski definition) is 5. The molecule has 2 rings (SSSR count). The Balaban J connectivity index is 1.93.